The van der Waals surface area contributed by atoms with Crippen LogP contribution in [0.5, 0.6) is 5.75 Å². The van der Waals surface area contributed by atoms with Crippen LogP contribution in [0.2, 0.25) is 0 Å². The van der Waals surface area contributed by atoms with Gasteiger partial charge in [-0.05, 0) is 60.1 Å². The van der Waals surface area contributed by atoms with E-state index in [0.717, 1.165) is 60.8 Å². The number of hydrogen-bond acceptors (Lipinski definition) is 4. The molecule has 0 aliphatic rings. The molecule has 0 fully saturated rings. The van der Waals surface area contributed by atoms with E-state index in [4.69, 9.17) is 14.6 Å². The van der Waals surface area contributed by atoms with E-state index in [1.54, 1.807) is 18.2 Å². The highest BCUT2D eigenvalue weighted by Gasteiger charge is 2.20. The van der Waals surface area contributed by atoms with Gasteiger partial charge in [0.25, 0.3) is 0 Å². The molecule has 0 aliphatic heterocycles. The maximum atomic E-state index is 12.3. The molecule has 0 bridgehead atoms. The van der Waals surface area contributed by atoms with Gasteiger partial charge in [-0.3, -0.25) is 0 Å². The van der Waals surface area contributed by atoms with Gasteiger partial charge < -0.3 is 14.6 Å². The summed E-state index contributed by atoms with van der Waals surface area (Å²) in [5.74, 6) is -0.00985. The third-order valence-corrected chi connectivity index (χ3v) is 4.77. The lowest BCUT2D eigenvalue weighted by molar-refractivity contribution is 0.0601. The largest absolute Gasteiger partial charge is 0.511 e. The van der Waals surface area contributed by atoms with E-state index in [0.29, 0.717) is 11.3 Å². The van der Waals surface area contributed by atoms with E-state index in [1.807, 2.05) is 18.2 Å². The second-order valence-corrected chi connectivity index (χ2v) is 6.68. The summed E-state index contributed by atoms with van der Waals surface area (Å²) >= 11 is 0. The van der Waals surface area contributed by atoms with Crippen molar-refractivity contribution in [3.8, 4) is 16.9 Å². The highest BCUT2D eigenvalue weighted by molar-refractivity contribution is 5.98. The molecule has 0 spiro atoms. The number of rotatable bonds is 9. The average molecular weight is 384 g/mol. The maximum Gasteiger partial charge on any atom is 0.511 e. The van der Waals surface area contributed by atoms with Gasteiger partial charge in [-0.15, -0.1) is 0 Å². The van der Waals surface area contributed by atoms with Gasteiger partial charge >= 0.3 is 12.1 Å². The maximum absolute atomic E-state index is 12.3. The fourth-order valence-electron chi connectivity index (χ4n) is 3.39. The van der Waals surface area contributed by atoms with Crippen molar-refractivity contribution in [2.75, 3.05) is 7.11 Å². The second kappa shape index (κ2) is 10.5. The van der Waals surface area contributed by atoms with Gasteiger partial charge in [-0.1, -0.05) is 51.0 Å². The summed E-state index contributed by atoms with van der Waals surface area (Å²) in [5, 5.41) is 9.14. The molecule has 2 aromatic carbocycles. The summed E-state index contributed by atoms with van der Waals surface area (Å²) in [5.41, 5.74) is 4.18. The van der Waals surface area contributed by atoms with Crippen molar-refractivity contribution in [1.29, 1.82) is 0 Å². The number of carbonyl (C=O) groups is 2. The van der Waals surface area contributed by atoms with Crippen molar-refractivity contribution in [3.63, 3.8) is 0 Å². The topological polar surface area (TPSA) is 72.8 Å². The third kappa shape index (κ3) is 5.12. The number of benzene rings is 2. The standard InChI is InChI=1S/C23H28O5/c1-4-6-10-16-18(17-12-8-9-13-20(17)22(24)27-3)14-15-21(28-23(25)26)19(16)11-7-5-2/h8-9,12-15H,4-7,10-11H2,1-3H3,(H,25,26). The lowest BCUT2D eigenvalue weighted by Gasteiger charge is -2.19. The molecule has 0 aromatic heterocycles. The van der Waals surface area contributed by atoms with Crippen molar-refractivity contribution in [2.45, 2.75) is 52.4 Å². The van der Waals surface area contributed by atoms with Crippen LogP contribution in [0.3, 0.4) is 0 Å². The Morgan fingerprint density at radius 1 is 0.893 bits per heavy atom. The minimum absolute atomic E-state index is 0.381. The van der Waals surface area contributed by atoms with E-state index >= 15 is 0 Å². The lowest BCUT2D eigenvalue weighted by Crippen LogP contribution is -2.10. The molecule has 28 heavy (non-hydrogen) atoms. The first kappa shape index (κ1) is 21.5. The SMILES string of the molecule is CCCCc1c(OC(=O)O)ccc(-c2ccccc2C(=O)OC)c1CCCC. The second-order valence-electron chi connectivity index (χ2n) is 6.68. The van der Waals surface area contributed by atoms with Crippen LogP contribution in [-0.2, 0) is 17.6 Å². The zero-order valence-corrected chi connectivity index (χ0v) is 16.8. The molecule has 0 radical (unpaired) electrons. The van der Waals surface area contributed by atoms with Crippen LogP contribution in [0, 0.1) is 0 Å². The quantitative estimate of drug-likeness (QED) is 0.431. The van der Waals surface area contributed by atoms with E-state index in [9.17, 15) is 9.59 Å². The Bertz CT molecular complexity index is 826. The Morgan fingerprint density at radius 3 is 2.14 bits per heavy atom. The van der Waals surface area contributed by atoms with Crippen LogP contribution in [0.4, 0.5) is 4.79 Å². The van der Waals surface area contributed by atoms with Crippen LogP contribution in [0.1, 0.15) is 61.0 Å². The summed E-state index contributed by atoms with van der Waals surface area (Å²) in [4.78, 5) is 23.5. The molecule has 0 heterocycles. The predicted molar refractivity (Wildman–Crippen MR) is 109 cm³/mol. The molecule has 0 unspecified atom stereocenters. The van der Waals surface area contributed by atoms with Crippen molar-refractivity contribution in [3.05, 3.63) is 53.1 Å². The minimum atomic E-state index is -1.32. The molecule has 5 nitrogen and oxygen atoms in total. The molecule has 0 saturated carbocycles. The van der Waals surface area contributed by atoms with Crippen LogP contribution >= 0.6 is 0 Å². The number of carboxylic acid groups (broad SMARTS) is 1. The Morgan fingerprint density at radius 2 is 1.54 bits per heavy atom. The number of esters is 1. The van der Waals surface area contributed by atoms with Crippen LogP contribution < -0.4 is 4.74 Å². The number of ether oxygens (including phenoxy) is 2. The van der Waals surface area contributed by atoms with Gasteiger partial charge in [-0.2, -0.15) is 0 Å². The predicted octanol–water partition coefficient (Wildman–Crippen LogP) is 5.88. The van der Waals surface area contributed by atoms with E-state index in [2.05, 4.69) is 13.8 Å². The van der Waals surface area contributed by atoms with Gasteiger partial charge in [0.1, 0.15) is 5.75 Å². The smallest absolute Gasteiger partial charge is 0.465 e. The summed E-state index contributed by atoms with van der Waals surface area (Å²) in [7, 11) is 1.37. The zero-order valence-electron chi connectivity index (χ0n) is 16.8. The third-order valence-electron chi connectivity index (χ3n) is 4.77. The molecule has 5 heteroatoms. The van der Waals surface area contributed by atoms with Gasteiger partial charge in [0.2, 0.25) is 0 Å². The fourth-order valence-corrected chi connectivity index (χ4v) is 3.39. The Labute approximate surface area is 166 Å². The lowest BCUT2D eigenvalue weighted by atomic mass is 9.87. The Kier molecular flexibility index (Phi) is 8.05. The molecule has 150 valence electrons. The van der Waals surface area contributed by atoms with Gasteiger partial charge in [0.05, 0.1) is 12.7 Å². The minimum Gasteiger partial charge on any atom is -0.465 e. The molecule has 0 amide bonds. The van der Waals surface area contributed by atoms with Crippen molar-refractivity contribution < 1.29 is 24.2 Å². The molecule has 0 aliphatic carbocycles. The molecular weight excluding hydrogens is 356 g/mol. The first-order valence-corrected chi connectivity index (χ1v) is 9.76. The molecule has 0 atom stereocenters. The van der Waals surface area contributed by atoms with Crippen molar-refractivity contribution >= 4 is 12.1 Å². The zero-order chi connectivity index (χ0) is 20.5. The average Bonchev–Trinajstić information content (AvgIpc) is 2.70. The van der Waals surface area contributed by atoms with E-state index < -0.39 is 12.1 Å². The van der Waals surface area contributed by atoms with Crippen LogP contribution in [0.15, 0.2) is 36.4 Å². The molecular formula is C23H28O5. The van der Waals surface area contributed by atoms with E-state index in [-0.39, 0.29) is 0 Å². The van der Waals surface area contributed by atoms with Gasteiger partial charge in [0.15, 0.2) is 0 Å². The molecule has 2 rings (SSSR count). The van der Waals surface area contributed by atoms with Crippen molar-refractivity contribution in [1.82, 2.24) is 0 Å². The first-order chi connectivity index (χ1) is 13.5. The molecule has 2 aromatic rings. The van der Waals surface area contributed by atoms with Crippen molar-refractivity contribution in [2.24, 2.45) is 0 Å². The molecule has 1 N–H and O–H groups in total. The Hall–Kier alpha value is -2.82. The Balaban J connectivity index is 2.70. The number of hydrogen-bond donors (Lipinski definition) is 1. The summed E-state index contributed by atoms with van der Waals surface area (Å²) < 4.78 is 10.0. The highest BCUT2D eigenvalue weighted by Crippen LogP contribution is 2.36. The summed E-state index contributed by atoms with van der Waals surface area (Å²) in [6.07, 6.45) is 4.09. The number of unbranched alkanes of at least 4 members (excludes halogenated alkanes) is 2. The van der Waals surface area contributed by atoms with E-state index in [1.165, 1.54) is 7.11 Å². The fraction of sp³-hybridized carbons (Fsp3) is 0.391. The summed E-state index contributed by atoms with van der Waals surface area (Å²) in [6.45, 7) is 4.21. The number of methoxy groups -OCH3 is 1. The van der Waals surface area contributed by atoms with Crippen LogP contribution in [0.25, 0.3) is 11.1 Å². The first-order valence-electron chi connectivity index (χ1n) is 9.76. The molecule has 0 saturated heterocycles. The summed E-state index contributed by atoms with van der Waals surface area (Å²) in [6, 6.07) is 10.9. The van der Waals surface area contributed by atoms with Gasteiger partial charge in [-0.25, -0.2) is 9.59 Å². The van der Waals surface area contributed by atoms with Gasteiger partial charge in [0, 0.05) is 0 Å². The van der Waals surface area contributed by atoms with Crippen LogP contribution in [-0.4, -0.2) is 24.3 Å². The normalized spacial score (nSPS) is 10.5. The highest BCUT2D eigenvalue weighted by atomic mass is 16.7. The monoisotopic (exact) mass is 384 g/mol. The number of carbonyl (C=O) groups excluding carboxylic acids is 1.